The number of rotatable bonds is 1. The van der Waals surface area contributed by atoms with Crippen molar-refractivity contribution >= 4 is 5.91 Å². The molecule has 0 atom stereocenters. The molecular weight excluding hydrogens is 200 g/mol. The van der Waals surface area contributed by atoms with Gasteiger partial charge < -0.3 is 9.47 Å². The van der Waals surface area contributed by atoms with Crippen LogP contribution in [0.5, 0.6) is 0 Å². The standard InChI is InChI=1S/C13H18N2O/c1-9(2)15-8-10-11(13(15)16)7-14-6-4-3-5-12(10)14/h7,9H,3-6,8H2,1-2H3. The average molecular weight is 218 g/mol. The maximum Gasteiger partial charge on any atom is 0.256 e. The van der Waals surface area contributed by atoms with Crippen molar-refractivity contribution in [3.63, 3.8) is 0 Å². The summed E-state index contributed by atoms with van der Waals surface area (Å²) in [6.45, 7) is 6.10. The van der Waals surface area contributed by atoms with Crippen LogP contribution in [0.4, 0.5) is 0 Å². The number of fused-ring (bicyclic) bond motifs is 3. The van der Waals surface area contributed by atoms with Crippen molar-refractivity contribution in [3.8, 4) is 0 Å². The lowest BCUT2D eigenvalue weighted by Crippen LogP contribution is -2.31. The van der Waals surface area contributed by atoms with Gasteiger partial charge >= 0.3 is 0 Å². The molecule has 3 rings (SSSR count). The Morgan fingerprint density at radius 1 is 1.31 bits per heavy atom. The highest BCUT2D eigenvalue weighted by atomic mass is 16.2. The van der Waals surface area contributed by atoms with Crippen LogP contribution in [0, 0.1) is 0 Å². The van der Waals surface area contributed by atoms with Crippen LogP contribution in [0.1, 0.15) is 48.3 Å². The van der Waals surface area contributed by atoms with Crippen molar-refractivity contribution in [2.45, 2.75) is 52.2 Å². The fourth-order valence-electron chi connectivity index (χ4n) is 2.88. The Kier molecular flexibility index (Phi) is 2.09. The van der Waals surface area contributed by atoms with E-state index in [-0.39, 0.29) is 5.91 Å². The molecule has 3 nitrogen and oxygen atoms in total. The van der Waals surface area contributed by atoms with Crippen LogP contribution in [-0.2, 0) is 19.5 Å². The summed E-state index contributed by atoms with van der Waals surface area (Å²) in [5.41, 5.74) is 3.68. The van der Waals surface area contributed by atoms with E-state index in [0.717, 1.165) is 25.1 Å². The van der Waals surface area contributed by atoms with E-state index in [1.165, 1.54) is 24.1 Å². The third kappa shape index (κ3) is 1.24. The van der Waals surface area contributed by atoms with Gasteiger partial charge in [0.15, 0.2) is 0 Å². The van der Waals surface area contributed by atoms with Crippen LogP contribution in [0.25, 0.3) is 0 Å². The van der Waals surface area contributed by atoms with Crippen LogP contribution >= 0.6 is 0 Å². The number of aryl methyl sites for hydroxylation is 1. The van der Waals surface area contributed by atoms with Crippen LogP contribution in [0.3, 0.4) is 0 Å². The van der Waals surface area contributed by atoms with Gasteiger partial charge in [-0.15, -0.1) is 0 Å². The lowest BCUT2D eigenvalue weighted by molar-refractivity contribution is 0.0728. The minimum atomic E-state index is 0.229. The molecule has 0 aliphatic carbocycles. The number of carbonyl (C=O) groups excluding carboxylic acids is 1. The minimum Gasteiger partial charge on any atom is -0.350 e. The number of amides is 1. The zero-order valence-electron chi connectivity index (χ0n) is 9.99. The molecule has 1 aromatic heterocycles. The third-order valence-corrected chi connectivity index (χ3v) is 3.81. The predicted octanol–water partition coefficient (Wildman–Crippen LogP) is 2.19. The van der Waals surface area contributed by atoms with Gasteiger partial charge in [0, 0.05) is 36.6 Å². The molecule has 0 saturated carbocycles. The Morgan fingerprint density at radius 2 is 2.12 bits per heavy atom. The molecule has 1 aromatic rings. The fraction of sp³-hybridized carbons (Fsp3) is 0.615. The number of hydrogen-bond donors (Lipinski definition) is 0. The highest BCUT2D eigenvalue weighted by molar-refractivity contribution is 5.98. The Hall–Kier alpha value is -1.25. The maximum atomic E-state index is 12.2. The summed E-state index contributed by atoms with van der Waals surface area (Å²) in [6.07, 6.45) is 5.75. The molecule has 3 heterocycles. The number of nitrogens with zero attached hydrogens (tertiary/aromatic N) is 2. The van der Waals surface area contributed by atoms with Crippen LogP contribution in [-0.4, -0.2) is 21.4 Å². The molecule has 1 amide bonds. The molecule has 0 radical (unpaired) electrons. The Morgan fingerprint density at radius 3 is 2.88 bits per heavy atom. The SMILES string of the molecule is CC(C)N1Cc2c(cn3c2CCCC3)C1=O. The van der Waals surface area contributed by atoms with Crippen LogP contribution in [0.15, 0.2) is 6.20 Å². The van der Waals surface area contributed by atoms with Gasteiger partial charge in [-0.25, -0.2) is 0 Å². The van der Waals surface area contributed by atoms with Gasteiger partial charge in [-0.1, -0.05) is 0 Å². The normalized spacial score (nSPS) is 19.2. The topological polar surface area (TPSA) is 25.2 Å². The number of aromatic nitrogens is 1. The Balaban J connectivity index is 2.02. The smallest absolute Gasteiger partial charge is 0.256 e. The number of hydrogen-bond acceptors (Lipinski definition) is 1. The van der Waals surface area contributed by atoms with E-state index in [1.54, 1.807) is 0 Å². The van der Waals surface area contributed by atoms with Gasteiger partial charge in [0.05, 0.1) is 5.56 Å². The first kappa shape index (κ1) is 9.94. The average Bonchev–Trinajstić information content (AvgIpc) is 2.76. The predicted molar refractivity (Wildman–Crippen MR) is 62.4 cm³/mol. The lowest BCUT2D eigenvalue weighted by Gasteiger charge is -2.22. The first-order valence-electron chi connectivity index (χ1n) is 6.20. The molecule has 2 aliphatic rings. The summed E-state index contributed by atoms with van der Waals surface area (Å²) >= 11 is 0. The molecular formula is C13H18N2O. The largest absolute Gasteiger partial charge is 0.350 e. The summed E-state index contributed by atoms with van der Waals surface area (Å²) in [5, 5.41) is 0. The molecule has 0 fully saturated rings. The van der Waals surface area contributed by atoms with Gasteiger partial charge in [0.2, 0.25) is 0 Å². The zero-order valence-corrected chi connectivity index (χ0v) is 9.99. The molecule has 0 unspecified atom stereocenters. The first-order chi connectivity index (χ1) is 7.68. The first-order valence-corrected chi connectivity index (χ1v) is 6.20. The molecule has 2 aliphatic heterocycles. The second-order valence-electron chi connectivity index (χ2n) is 5.15. The molecule has 0 saturated heterocycles. The summed E-state index contributed by atoms with van der Waals surface area (Å²) in [6, 6.07) is 0.309. The summed E-state index contributed by atoms with van der Waals surface area (Å²) in [5.74, 6) is 0.229. The lowest BCUT2D eigenvalue weighted by atomic mass is 10.1. The van der Waals surface area contributed by atoms with E-state index >= 15 is 0 Å². The third-order valence-electron chi connectivity index (χ3n) is 3.81. The molecule has 0 bridgehead atoms. The maximum absolute atomic E-state index is 12.2. The minimum absolute atomic E-state index is 0.229. The molecule has 16 heavy (non-hydrogen) atoms. The van der Waals surface area contributed by atoms with Crippen molar-refractivity contribution in [1.29, 1.82) is 0 Å². The van der Waals surface area contributed by atoms with E-state index < -0.39 is 0 Å². The van der Waals surface area contributed by atoms with Crippen molar-refractivity contribution in [2.75, 3.05) is 0 Å². The zero-order chi connectivity index (χ0) is 11.3. The van der Waals surface area contributed by atoms with E-state index in [2.05, 4.69) is 24.6 Å². The van der Waals surface area contributed by atoms with Gasteiger partial charge in [0.25, 0.3) is 5.91 Å². The van der Waals surface area contributed by atoms with E-state index in [4.69, 9.17) is 0 Å². The Bertz CT molecular complexity index is 445. The highest BCUT2D eigenvalue weighted by Crippen LogP contribution is 2.32. The van der Waals surface area contributed by atoms with Crippen molar-refractivity contribution in [3.05, 3.63) is 23.0 Å². The van der Waals surface area contributed by atoms with E-state index in [0.29, 0.717) is 6.04 Å². The van der Waals surface area contributed by atoms with Crippen LogP contribution in [0.2, 0.25) is 0 Å². The summed E-state index contributed by atoms with van der Waals surface area (Å²) in [7, 11) is 0. The van der Waals surface area contributed by atoms with Crippen molar-refractivity contribution in [1.82, 2.24) is 9.47 Å². The second-order valence-corrected chi connectivity index (χ2v) is 5.15. The van der Waals surface area contributed by atoms with Gasteiger partial charge in [-0.2, -0.15) is 0 Å². The highest BCUT2D eigenvalue weighted by Gasteiger charge is 2.33. The number of carbonyl (C=O) groups is 1. The molecule has 86 valence electrons. The van der Waals surface area contributed by atoms with E-state index in [9.17, 15) is 4.79 Å². The molecule has 3 heteroatoms. The van der Waals surface area contributed by atoms with Gasteiger partial charge in [-0.05, 0) is 33.1 Å². The molecule has 0 aromatic carbocycles. The summed E-state index contributed by atoms with van der Waals surface area (Å²) < 4.78 is 2.30. The molecule has 0 N–H and O–H groups in total. The quantitative estimate of drug-likeness (QED) is 0.709. The monoisotopic (exact) mass is 218 g/mol. The second kappa shape index (κ2) is 3.37. The van der Waals surface area contributed by atoms with E-state index in [1.807, 2.05) is 4.90 Å². The molecule has 0 spiro atoms. The van der Waals surface area contributed by atoms with Gasteiger partial charge in [-0.3, -0.25) is 4.79 Å². The van der Waals surface area contributed by atoms with Crippen LogP contribution < -0.4 is 0 Å². The van der Waals surface area contributed by atoms with Crippen molar-refractivity contribution < 1.29 is 4.79 Å². The Labute approximate surface area is 96.0 Å². The van der Waals surface area contributed by atoms with Crippen molar-refractivity contribution in [2.24, 2.45) is 0 Å². The summed E-state index contributed by atoms with van der Waals surface area (Å²) in [4.78, 5) is 14.1. The fourth-order valence-corrected chi connectivity index (χ4v) is 2.88. The van der Waals surface area contributed by atoms with Gasteiger partial charge in [0.1, 0.15) is 0 Å².